The van der Waals surface area contributed by atoms with Crippen molar-refractivity contribution < 1.29 is 0 Å². The Morgan fingerprint density at radius 2 is 2.29 bits per heavy atom. The molecule has 0 aromatic carbocycles. The smallest absolute Gasteiger partial charge is 0.132 e. The summed E-state index contributed by atoms with van der Waals surface area (Å²) in [4.78, 5) is 2.20. The van der Waals surface area contributed by atoms with Crippen molar-refractivity contribution in [2.24, 2.45) is 5.92 Å². The van der Waals surface area contributed by atoms with E-state index in [-0.39, 0.29) is 5.54 Å². The average Bonchev–Trinajstić information content (AvgIpc) is 2.17. The lowest BCUT2D eigenvalue weighted by Gasteiger charge is -2.43. The Morgan fingerprint density at radius 3 is 2.64 bits per heavy atom. The number of hydrogen-bond acceptors (Lipinski definition) is 2. The van der Waals surface area contributed by atoms with Crippen LogP contribution in [0.5, 0.6) is 0 Å². The maximum absolute atomic E-state index is 9.45. The van der Waals surface area contributed by atoms with Gasteiger partial charge in [0.25, 0.3) is 0 Å². The molecule has 1 aliphatic rings. The van der Waals surface area contributed by atoms with Crippen molar-refractivity contribution >= 4 is 0 Å². The standard InChI is InChI=1S/C12H20N2/c1-5-11-7-6-8-14(4)12(11,9-13)10(2)3/h7,10H,5-6,8H2,1-4H3. The van der Waals surface area contributed by atoms with E-state index in [0.29, 0.717) is 5.92 Å². The van der Waals surface area contributed by atoms with Gasteiger partial charge in [-0.2, -0.15) is 5.26 Å². The van der Waals surface area contributed by atoms with E-state index < -0.39 is 0 Å². The van der Waals surface area contributed by atoms with Gasteiger partial charge in [0, 0.05) is 6.54 Å². The molecule has 1 unspecified atom stereocenters. The van der Waals surface area contributed by atoms with Gasteiger partial charge in [0.1, 0.15) is 5.54 Å². The molecule has 0 spiro atoms. The number of nitriles is 1. The third kappa shape index (κ3) is 1.46. The molecule has 2 nitrogen and oxygen atoms in total. The van der Waals surface area contributed by atoms with Gasteiger partial charge in [-0.25, -0.2) is 0 Å². The fraction of sp³-hybridized carbons (Fsp3) is 0.750. The van der Waals surface area contributed by atoms with Crippen LogP contribution in [0.15, 0.2) is 11.6 Å². The highest BCUT2D eigenvalue weighted by Gasteiger charge is 2.42. The summed E-state index contributed by atoms with van der Waals surface area (Å²) in [6.07, 6.45) is 4.31. The van der Waals surface area contributed by atoms with Crippen LogP contribution < -0.4 is 0 Å². The maximum atomic E-state index is 9.45. The Balaban J connectivity index is 3.17. The van der Waals surface area contributed by atoms with E-state index in [4.69, 9.17) is 0 Å². The Hall–Kier alpha value is -0.810. The molecule has 0 bridgehead atoms. The molecule has 0 saturated heterocycles. The van der Waals surface area contributed by atoms with Gasteiger partial charge in [-0.15, -0.1) is 0 Å². The molecule has 78 valence electrons. The van der Waals surface area contributed by atoms with Crippen LogP contribution in [0.4, 0.5) is 0 Å². The summed E-state index contributed by atoms with van der Waals surface area (Å²) < 4.78 is 0. The first-order chi connectivity index (χ1) is 6.59. The number of rotatable bonds is 2. The first-order valence-electron chi connectivity index (χ1n) is 5.41. The summed E-state index contributed by atoms with van der Waals surface area (Å²) >= 11 is 0. The first kappa shape index (κ1) is 11.3. The summed E-state index contributed by atoms with van der Waals surface area (Å²) in [7, 11) is 2.06. The molecule has 0 aromatic rings. The Bertz CT molecular complexity index is 273. The predicted molar refractivity (Wildman–Crippen MR) is 58.8 cm³/mol. The van der Waals surface area contributed by atoms with E-state index in [1.54, 1.807) is 0 Å². The Morgan fingerprint density at radius 1 is 1.64 bits per heavy atom. The zero-order valence-electron chi connectivity index (χ0n) is 9.67. The van der Waals surface area contributed by atoms with Gasteiger partial charge < -0.3 is 0 Å². The highest BCUT2D eigenvalue weighted by Crippen LogP contribution is 2.36. The van der Waals surface area contributed by atoms with Gasteiger partial charge in [0.05, 0.1) is 6.07 Å². The molecule has 0 N–H and O–H groups in total. The molecular weight excluding hydrogens is 172 g/mol. The highest BCUT2D eigenvalue weighted by molar-refractivity contribution is 5.33. The zero-order chi connectivity index (χ0) is 10.8. The van der Waals surface area contributed by atoms with Crippen LogP contribution >= 0.6 is 0 Å². The van der Waals surface area contributed by atoms with Crippen molar-refractivity contribution in [1.29, 1.82) is 5.26 Å². The minimum Gasteiger partial charge on any atom is -0.285 e. The highest BCUT2D eigenvalue weighted by atomic mass is 15.2. The monoisotopic (exact) mass is 192 g/mol. The molecule has 2 heteroatoms. The fourth-order valence-electron chi connectivity index (χ4n) is 2.52. The molecule has 1 heterocycles. The molecule has 0 fully saturated rings. The van der Waals surface area contributed by atoms with E-state index in [9.17, 15) is 5.26 Å². The molecule has 0 aromatic heterocycles. The predicted octanol–water partition coefficient (Wildman–Crippen LogP) is 2.58. The normalized spacial score (nSPS) is 28.7. The van der Waals surface area contributed by atoms with Crippen molar-refractivity contribution in [2.75, 3.05) is 13.6 Å². The van der Waals surface area contributed by atoms with Crippen LogP contribution in [-0.2, 0) is 0 Å². The van der Waals surface area contributed by atoms with E-state index in [2.05, 4.69) is 44.9 Å². The number of nitrogens with zero attached hydrogens (tertiary/aromatic N) is 2. The van der Waals surface area contributed by atoms with Crippen molar-refractivity contribution in [2.45, 2.75) is 39.2 Å². The van der Waals surface area contributed by atoms with Crippen LogP contribution in [0.1, 0.15) is 33.6 Å². The van der Waals surface area contributed by atoms with E-state index in [0.717, 1.165) is 19.4 Å². The van der Waals surface area contributed by atoms with Gasteiger partial charge in [0.2, 0.25) is 0 Å². The fourth-order valence-corrected chi connectivity index (χ4v) is 2.52. The second-order valence-electron chi connectivity index (χ2n) is 4.33. The van der Waals surface area contributed by atoms with Crippen molar-refractivity contribution in [3.63, 3.8) is 0 Å². The van der Waals surface area contributed by atoms with Crippen molar-refractivity contribution in [3.8, 4) is 6.07 Å². The molecule has 1 rings (SSSR count). The quantitative estimate of drug-likeness (QED) is 0.629. The number of likely N-dealkylation sites (N-methyl/N-ethyl adjacent to an activating group) is 1. The van der Waals surface area contributed by atoms with E-state index in [1.165, 1.54) is 5.57 Å². The van der Waals surface area contributed by atoms with Gasteiger partial charge in [-0.1, -0.05) is 26.8 Å². The summed E-state index contributed by atoms with van der Waals surface area (Å²) in [5, 5.41) is 9.45. The lowest BCUT2D eigenvalue weighted by atomic mass is 9.76. The second-order valence-corrected chi connectivity index (χ2v) is 4.33. The summed E-state index contributed by atoms with van der Waals surface area (Å²) in [6.45, 7) is 7.40. The Kier molecular flexibility index (Phi) is 3.34. The minimum atomic E-state index is -0.354. The van der Waals surface area contributed by atoms with Crippen molar-refractivity contribution in [1.82, 2.24) is 4.90 Å². The maximum Gasteiger partial charge on any atom is 0.132 e. The molecule has 1 atom stereocenters. The second kappa shape index (κ2) is 4.14. The largest absolute Gasteiger partial charge is 0.285 e. The molecule has 1 aliphatic heterocycles. The van der Waals surface area contributed by atoms with Crippen molar-refractivity contribution in [3.05, 3.63) is 11.6 Å². The van der Waals surface area contributed by atoms with Gasteiger partial charge >= 0.3 is 0 Å². The summed E-state index contributed by atoms with van der Waals surface area (Å²) in [6, 6.07) is 2.53. The Labute approximate surface area is 87.2 Å². The van der Waals surface area contributed by atoms with Crippen LogP contribution in [0.2, 0.25) is 0 Å². The summed E-state index contributed by atoms with van der Waals surface area (Å²) in [5.41, 5.74) is 0.941. The lowest BCUT2D eigenvalue weighted by Crippen LogP contribution is -2.53. The average molecular weight is 192 g/mol. The van der Waals surface area contributed by atoms with Crippen LogP contribution in [0.25, 0.3) is 0 Å². The molecule has 0 radical (unpaired) electrons. The van der Waals surface area contributed by atoms with Crippen LogP contribution in [0.3, 0.4) is 0 Å². The molecule has 0 aliphatic carbocycles. The van der Waals surface area contributed by atoms with E-state index >= 15 is 0 Å². The van der Waals surface area contributed by atoms with E-state index in [1.807, 2.05) is 0 Å². The van der Waals surface area contributed by atoms with Crippen LogP contribution in [-0.4, -0.2) is 24.0 Å². The van der Waals surface area contributed by atoms with Gasteiger partial charge in [-0.3, -0.25) is 4.90 Å². The topological polar surface area (TPSA) is 27.0 Å². The minimum absolute atomic E-state index is 0.351. The molecule has 14 heavy (non-hydrogen) atoms. The first-order valence-corrected chi connectivity index (χ1v) is 5.41. The molecular formula is C12H20N2. The summed E-state index contributed by atoms with van der Waals surface area (Å²) in [5.74, 6) is 0.351. The van der Waals surface area contributed by atoms with Gasteiger partial charge in [0.15, 0.2) is 0 Å². The number of hydrogen-bond donors (Lipinski definition) is 0. The molecule has 0 saturated carbocycles. The third-order valence-electron chi connectivity index (χ3n) is 3.33. The molecule has 0 amide bonds. The lowest BCUT2D eigenvalue weighted by molar-refractivity contribution is 0.146. The zero-order valence-corrected chi connectivity index (χ0v) is 9.67. The van der Waals surface area contributed by atoms with Crippen LogP contribution in [0, 0.1) is 17.2 Å². The SMILES string of the molecule is CCC1=CCCN(C)C1(C#N)C(C)C. The van der Waals surface area contributed by atoms with Gasteiger partial charge in [-0.05, 0) is 31.4 Å². The third-order valence-corrected chi connectivity index (χ3v) is 3.33.